The second-order valence-corrected chi connectivity index (χ2v) is 13.9. The van der Waals surface area contributed by atoms with Crippen molar-refractivity contribution in [3.63, 3.8) is 0 Å². The molecule has 306 valence electrons. The average molecular weight is 751 g/mol. The van der Waals surface area contributed by atoms with E-state index in [9.17, 15) is 14.4 Å². The maximum atomic E-state index is 12.7. The smallest absolute Gasteiger partial charge is 0.306 e. The van der Waals surface area contributed by atoms with Gasteiger partial charge in [0.15, 0.2) is 6.10 Å². The van der Waals surface area contributed by atoms with Crippen LogP contribution in [0.3, 0.4) is 0 Å². The van der Waals surface area contributed by atoms with E-state index in [0.717, 1.165) is 77.0 Å². The summed E-state index contributed by atoms with van der Waals surface area (Å²) in [5, 5.41) is 0. The van der Waals surface area contributed by atoms with Crippen LogP contribution in [0, 0.1) is 0 Å². The Balaban J connectivity index is 4.53. The molecule has 1 unspecified atom stereocenters. The minimum absolute atomic E-state index is 0.119. The van der Waals surface area contributed by atoms with Crippen LogP contribution in [-0.4, -0.2) is 37.2 Å². The van der Waals surface area contributed by atoms with Gasteiger partial charge in [0.25, 0.3) is 0 Å². The monoisotopic (exact) mass is 751 g/mol. The molecule has 6 nitrogen and oxygen atoms in total. The van der Waals surface area contributed by atoms with Crippen molar-refractivity contribution >= 4 is 17.9 Å². The second kappa shape index (κ2) is 42.3. The van der Waals surface area contributed by atoms with Gasteiger partial charge in [0.1, 0.15) is 13.2 Å². The van der Waals surface area contributed by atoms with Crippen molar-refractivity contribution in [3.05, 3.63) is 85.1 Å². The normalized spacial score (nSPS) is 12.9. The molecule has 0 heterocycles. The van der Waals surface area contributed by atoms with Gasteiger partial charge < -0.3 is 14.2 Å². The van der Waals surface area contributed by atoms with Crippen LogP contribution in [0.15, 0.2) is 85.1 Å². The highest BCUT2D eigenvalue weighted by Crippen LogP contribution is 2.11. The average Bonchev–Trinajstić information content (AvgIpc) is 3.17. The number of carbonyl (C=O) groups excluding carboxylic acids is 3. The lowest BCUT2D eigenvalue weighted by molar-refractivity contribution is -0.166. The van der Waals surface area contributed by atoms with E-state index in [1.807, 2.05) is 12.2 Å². The molecule has 0 aromatic rings. The predicted molar refractivity (Wildman–Crippen MR) is 228 cm³/mol. The highest BCUT2D eigenvalue weighted by atomic mass is 16.6. The van der Waals surface area contributed by atoms with Crippen LogP contribution in [-0.2, 0) is 28.6 Å². The van der Waals surface area contributed by atoms with Crippen molar-refractivity contribution in [2.24, 2.45) is 0 Å². The molecule has 0 amide bonds. The first-order valence-corrected chi connectivity index (χ1v) is 21.6. The molecule has 0 aliphatic carbocycles. The molecule has 1 atom stereocenters. The van der Waals surface area contributed by atoms with E-state index in [-0.39, 0.29) is 37.5 Å². The van der Waals surface area contributed by atoms with E-state index in [1.54, 1.807) is 0 Å². The van der Waals surface area contributed by atoms with E-state index >= 15 is 0 Å². The first kappa shape index (κ1) is 50.6. The minimum Gasteiger partial charge on any atom is -0.462 e. The number of hydrogen-bond acceptors (Lipinski definition) is 6. The van der Waals surface area contributed by atoms with Crippen molar-refractivity contribution in [2.75, 3.05) is 13.2 Å². The maximum Gasteiger partial charge on any atom is 0.306 e. The Bertz CT molecular complexity index is 1090. The maximum absolute atomic E-state index is 12.7. The molecule has 0 saturated carbocycles. The van der Waals surface area contributed by atoms with E-state index < -0.39 is 6.10 Å². The van der Waals surface area contributed by atoms with Crippen LogP contribution < -0.4 is 0 Å². The van der Waals surface area contributed by atoms with Crippen molar-refractivity contribution in [3.8, 4) is 0 Å². The zero-order valence-electron chi connectivity index (χ0n) is 34.7. The molecule has 0 aromatic carbocycles. The summed E-state index contributed by atoms with van der Waals surface area (Å²) >= 11 is 0. The summed E-state index contributed by atoms with van der Waals surface area (Å²) in [6.07, 6.45) is 53.0. The number of ether oxygens (including phenoxy) is 3. The van der Waals surface area contributed by atoms with E-state index in [2.05, 4.69) is 93.7 Å². The van der Waals surface area contributed by atoms with Crippen LogP contribution >= 0.6 is 0 Å². The molecule has 54 heavy (non-hydrogen) atoms. The van der Waals surface area contributed by atoms with Gasteiger partial charge in [-0.05, 0) is 89.9 Å². The van der Waals surface area contributed by atoms with Gasteiger partial charge in [-0.3, -0.25) is 14.4 Å². The fourth-order valence-electron chi connectivity index (χ4n) is 5.36. The number of allylic oxidation sites excluding steroid dienone is 14. The second-order valence-electron chi connectivity index (χ2n) is 13.9. The van der Waals surface area contributed by atoms with Gasteiger partial charge in [0, 0.05) is 19.3 Å². The number of esters is 3. The van der Waals surface area contributed by atoms with Crippen LogP contribution in [0.4, 0.5) is 0 Å². The Morgan fingerprint density at radius 3 is 1.35 bits per heavy atom. The summed E-state index contributed by atoms with van der Waals surface area (Å²) in [5.41, 5.74) is 0. The fraction of sp³-hybridized carbons (Fsp3) is 0.646. The quantitative estimate of drug-likeness (QED) is 0.0272. The summed E-state index contributed by atoms with van der Waals surface area (Å²) in [4.78, 5) is 37.5. The van der Waals surface area contributed by atoms with Gasteiger partial charge >= 0.3 is 17.9 Å². The van der Waals surface area contributed by atoms with Crippen LogP contribution in [0.5, 0.6) is 0 Å². The Hall–Kier alpha value is -3.41. The molecule has 6 heteroatoms. The van der Waals surface area contributed by atoms with Crippen LogP contribution in [0.1, 0.15) is 181 Å². The van der Waals surface area contributed by atoms with E-state index in [0.29, 0.717) is 25.7 Å². The third kappa shape index (κ3) is 39.8. The molecule has 0 spiro atoms. The number of hydrogen-bond donors (Lipinski definition) is 0. The minimum atomic E-state index is -0.818. The SMILES string of the molecule is CC/C=C\C/C=C\C/C=C\C/C=C\C/C=C\CCC(=O)OCC(COC(=O)CCC/C=C\CCCCCC)OC(=O)CCCCCCC/C=C\CCCC. The number of unbranched alkanes of at least 4 members (excludes halogenated alkanes) is 12. The third-order valence-corrected chi connectivity index (χ3v) is 8.62. The lowest BCUT2D eigenvalue weighted by atomic mass is 10.1. The summed E-state index contributed by atoms with van der Waals surface area (Å²) in [5.74, 6) is -1.06. The molecule has 0 fully saturated rings. The highest BCUT2D eigenvalue weighted by Gasteiger charge is 2.19. The zero-order chi connectivity index (χ0) is 39.4. The molecule has 0 radical (unpaired) electrons. The van der Waals surface area contributed by atoms with Crippen molar-refractivity contribution in [2.45, 2.75) is 187 Å². The van der Waals surface area contributed by atoms with Gasteiger partial charge in [-0.25, -0.2) is 0 Å². The molecule has 0 saturated heterocycles. The van der Waals surface area contributed by atoms with Crippen molar-refractivity contribution in [1.82, 2.24) is 0 Å². The highest BCUT2D eigenvalue weighted by molar-refractivity contribution is 5.71. The first-order chi connectivity index (χ1) is 26.5. The lowest BCUT2D eigenvalue weighted by Crippen LogP contribution is -2.30. The molecule has 0 aliphatic rings. The van der Waals surface area contributed by atoms with Gasteiger partial charge in [-0.15, -0.1) is 0 Å². The number of carbonyl (C=O) groups is 3. The standard InChI is InChI=1S/C48H78O6/c1-4-7-10-13-16-19-21-22-23-24-25-27-29-32-35-38-41-47(50)53-44-45(43-52-46(49)40-37-34-31-28-18-15-12-9-6-3)54-48(51)42-39-36-33-30-26-20-17-14-11-8-5-2/h7,10,14,16-17,19,22-23,25,27-28,31-32,35,45H,4-6,8-9,11-13,15,18,20-21,24,26,29-30,33-34,36-44H2,1-3H3/b10-7-,17-14-,19-16-,23-22-,27-25-,31-28-,35-32-. The Kier molecular flexibility index (Phi) is 39.7. The van der Waals surface area contributed by atoms with E-state index in [1.165, 1.54) is 51.4 Å². The Morgan fingerprint density at radius 1 is 0.389 bits per heavy atom. The summed E-state index contributed by atoms with van der Waals surface area (Å²) in [6.45, 7) is 6.31. The van der Waals surface area contributed by atoms with Gasteiger partial charge in [-0.1, -0.05) is 157 Å². The number of rotatable bonds is 37. The summed E-state index contributed by atoms with van der Waals surface area (Å²) in [7, 11) is 0. The topological polar surface area (TPSA) is 78.9 Å². The van der Waals surface area contributed by atoms with Gasteiger partial charge in [0.05, 0.1) is 0 Å². The molecular weight excluding hydrogens is 673 g/mol. The van der Waals surface area contributed by atoms with Crippen LogP contribution in [0.25, 0.3) is 0 Å². The summed E-state index contributed by atoms with van der Waals surface area (Å²) < 4.78 is 16.5. The Morgan fingerprint density at radius 2 is 0.796 bits per heavy atom. The molecule has 0 N–H and O–H groups in total. The van der Waals surface area contributed by atoms with Crippen LogP contribution in [0.2, 0.25) is 0 Å². The lowest BCUT2D eigenvalue weighted by Gasteiger charge is -2.18. The Labute approximate surface area is 331 Å². The third-order valence-electron chi connectivity index (χ3n) is 8.62. The van der Waals surface area contributed by atoms with Crippen molar-refractivity contribution < 1.29 is 28.6 Å². The molecular formula is C48H78O6. The largest absolute Gasteiger partial charge is 0.462 e. The first-order valence-electron chi connectivity index (χ1n) is 21.6. The zero-order valence-corrected chi connectivity index (χ0v) is 34.7. The molecule has 0 bridgehead atoms. The van der Waals surface area contributed by atoms with Gasteiger partial charge in [-0.2, -0.15) is 0 Å². The van der Waals surface area contributed by atoms with Gasteiger partial charge in [0.2, 0.25) is 0 Å². The molecule has 0 aromatic heterocycles. The molecule has 0 rings (SSSR count). The summed E-state index contributed by atoms with van der Waals surface area (Å²) in [6, 6.07) is 0. The predicted octanol–water partition coefficient (Wildman–Crippen LogP) is 13.7. The fourth-order valence-corrected chi connectivity index (χ4v) is 5.36. The van der Waals surface area contributed by atoms with Crippen molar-refractivity contribution in [1.29, 1.82) is 0 Å². The molecule has 0 aliphatic heterocycles. The van der Waals surface area contributed by atoms with E-state index in [4.69, 9.17) is 14.2 Å².